The van der Waals surface area contributed by atoms with Gasteiger partial charge in [-0.1, -0.05) is 30.3 Å². The fourth-order valence-electron chi connectivity index (χ4n) is 3.02. The van der Waals surface area contributed by atoms with Crippen LogP contribution in [0, 0.1) is 0 Å². The zero-order valence-electron chi connectivity index (χ0n) is 15.0. The Balaban J connectivity index is 1.60. The second-order valence-corrected chi connectivity index (χ2v) is 6.48. The summed E-state index contributed by atoms with van der Waals surface area (Å²) in [6.07, 6.45) is -0.509. The van der Waals surface area contributed by atoms with Crippen molar-refractivity contribution in [3.05, 3.63) is 59.7 Å². The Morgan fingerprint density at radius 2 is 1.85 bits per heavy atom. The van der Waals surface area contributed by atoms with Crippen molar-refractivity contribution in [2.24, 2.45) is 0 Å². The molecule has 0 radical (unpaired) electrons. The molecule has 1 saturated heterocycles. The van der Waals surface area contributed by atoms with E-state index in [9.17, 15) is 9.90 Å². The predicted molar refractivity (Wildman–Crippen MR) is 102 cm³/mol. The molecule has 3 rings (SSSR count). The van der Waals surface area contributed by atoms with Crippen LogP contribution in [0.5, 0.6) is 0 Å². The smallest absolute Gasteiger partial charge is 0.411 e. The number of nitrogens with zero attached hydrogens (tertiary/aromatic N) is 2. The summed E-state index contributed by atoms with van der Waals surface area (Å²) < 4.78 is 5.24. The fraction of sp³-hybridized carbons (Fsp3) is 0.350. The Hall–Kier alpha value is -2.57. The van der Waals surface area contributed by atoms with Gasteiger partial charge in [-0.25, -0.2) is 4.79 Å². The van der Waals surface area contributed by atoms with E-state index in [1.807, 2.05) is 42.5 Å². The molecule has 1 fully saturated rings. The molecule has 6 heteroatoms. The van der Waals surface area contributed by atoms with Crippen LogP contribution in [-0.4, -0.2) is 49.3 Å². The van der Waals surface area contributed by atoms with Gasteiger partial charge >= 0.3 is 6.09 Å². The van der Waals surface area contributed by atoms with Crippen molar-refractivity contribution in [2.45, 2.75) is 13.2 Å². The second kappa shape index (κ2) is 8.69. The Bertz CT molecular complexity index is 728. The largest absolute Gasteiger partial charge is 0.444 e. The van der Waals surface area contributed by atoms with Crippen LogP contribution in [0.2, 0.25) is 0 Å². The molecule has 2 aromatic rings. The van der Waals surface area contributed by atoms with Crippen LogP contribution in [0.1, 0.15) is 11.1 Å². The molecule has 0 aliphatic carbocycles. The van der Waals surface area contributed by atoms with Crippen LogP contribution in [0.3, 0.4) is 0 Å². The number of benzene rings is 2. The van der Waals surface area contributed by atoms with Crippen LogP contribution < -0.4 is 10.2 Å². The van der Waals surface area contributed by atoms with Gasteiger partial charge in [0.05, 0.1) is 6.61 Å². The van der Waals surface area contributed by atoms with Gasteiger partial charge in [-0.15, -0.1) is 0 Å². The van der Waals surface area contributed by atoms with Gasteiger partial charge in [0, 0.05) is 43.1 Å². The minimum atomic E-state index is -0.509. The average Bonchev–Trinajstić information content (AvgIpc) is 2.68. The SMILES string of the molecule is CN1CCN(c2ccc(NC(=O)OCc3ccccc3)cc2CO)CC1. The molecule has 0 atom stereocenters. The zero-order valence-corrected chi connectivity index (χ0v) is 15.0. The number of carbonyl (C=O) groups is 1. The van der Waals surface area contributed by atoms with E-state index in [2.05, 4.69) is 22.2 Å². The van der Waals surface area contributed by atoms with E-state index < -0.39 is 6.09 Å². The molecular weight excluding hydrogens is 330 g/mol. The molecule has 0 unspecified atom stereocenters. The van der Waals surface area contributed by atoms with Crippen molar-refractivity contribution >= 4 is 17.5 Å². The number of hydrogen-bond donors (Lipinski definition) is 2. The third-order valence-electron chi connectivity index (χ3n) is 4.55. The Morgan fingerprint density at radius 3 is 2.54 bits per heavy atom. The van der Waals surface area contributed by atoms with E-state index in [1.54, 1.807) is 6.07 Å². The first-order valence-electron chi connectivity index (χ1n) is 8.80. The number of hydrogen-bond acceptors (Lipinski definition) is 5. The molecule has 0 aromatic heterocycles. The van der Waals surface area contributed by atoms with Crippen LogP contribution in [0.25, 0.3) is 0 Å². The molecular formula is C20H25N3O3. The molecule has 138 valence electrons. The number of amides is 1. The first-order valence-corrected chi connectivity index (χ1v) is 8.80. The fourth-order valence-corrected chi connectivity index (χ4v) is 3.02. The lowest BCUT2D eigenvalue weighted by molar-refractivity contribution is 0.155. The van der Waals surface area contributed by atoms with Crippen molar-refractivity contribution in [3.63, 3.8) is 0 Å². The summed E-state index contributed by atoms with van der Waals surface area (Å²) in [4.78, 5) is 16.5. The van der Waals surface area contributed by atoms with E-state index in [4.69, 9.17) is 4.74 Å². The standard InChI is InChI=1S/C20H25N3O3/c1-22-9-11-23(12-10-22)19-8-7-18(13-17(19)14-24)21-20(25)26-15-16-5-3-2-4-6-16/h2-8,13,24H,9-12,14-15H2,1H3,(H,21,25). The van der Waals surface area contributed by atoms with Gasteiger partial charge in [0.25, 0.3) is 0 Å². The van der Waals surface area contributed by atoms with Gasteiger partial charge in [0.1, 0.15) is 6.61 Å². The number of aliphatic hydroxyl groups excluding tert-OH is 1. The van der Waals surface area contributed by atoms with Crippen molar-refractivity contribution < 1.29 is 14.6 Å². The molecule has 1 heterocycles. The van der Waals surface area contributed by atoms with Gasteiger partial charge in [0.2, 0.25) is 0 Å². The topological polar surface area (TPSA) is 65.0 Å². The molecule has 0 spiro atoms. The third-order valence-corrected chi connectivity index (χ3v) is 4.55. The summed E-state index contributed by atoms with van der Waals surface area (Å²) in [6.45, 7) is 3.99. The van der Waals surface area contributed by atoms with Crippen LogP contribution in [0.15, 0.2) is 48.5 Å². The maximum Gasteiger partial charge on any atom is 0.411 e. The summed E-state index contributed by atoms with van der Waals surface area (Å²) in [5, 5.41) is 12.5. The molecule has 1 aliphatic rings. The van der Waals surface area contributed by atoms with Gasteiger partial charge in [-0.2, -0.15) is 0 Å². The highest BCUT2D eigenvalue weighted by atomic mass is 16.5. The highest BCUT2D eigenvalue weighted by molar-refractivity contribution is 5.85. The van der Waals surface area contributed by atoms with Gasteiger partial charge in [-0.3, -0.25) is 5.32 Å². The summed E-state index contributed by atoms with van der Waals surface area (Å²) in [5.74, 6) is 0. The number of rotatable bonds is 5. The lowest BCUT2D eigenvalue weighted by atomic mass is 10.1. The van der Waals surface area contributed by atoms with Crippen molar-refractivity contribution in [1.82, 2.24) is 4.90 Å². The van der Waals surface area contributed by atoms with Crippen LogP contribution in [-0.2, 0) is 18.0 Å². The zero-order chi connectivity index (χ0) is 18.4. The lowest BCUT2D eigenvalue weighted by Gasteiger charge is -2.35. The number of piperazine rings is 1. The van der Waals surface area contributed by atoms with E-state index in [0.717, 1.165) is 43.0 Å². The molecule has 1 aliphatic heterocycles. The molecule has 2 N–H and O–H groups in total. The average molecular weight is 355 g/mol. The number of ether oxygens (including phenoxy) is 1. The summed E-state index contributed by atoms with van der Waals surface area (Å²) in [5.41, 5.74) is 3.37. The monoisotopic (exact) mass is 355 g/mol. The first-order chi connectivity index (χ1) is 12.7. The Labute approximate surface area is 154 Å². The van der Waals surface area contributed by atoms with Crippen LogP contribution >= 0.6 is 0 Å². The van der Waals surface area contributed by atoms with Crippen molar-refractivity contribution in [1.29, 1.82) is 0 Å². The maximum atomic E-state index is 12.0. The minimum absolute atomic E-state index is 0.0732. The number of likely N-dealkylation sites (N-methyl/N-ethyl adjacent to an activating group) is 1. The van der Waals surface area contributed by atoms with E-state index in [-0.39, 0.29) is 13.2 Å². The highest BCUT2D eigenvalue weighted by Crippen LogP contribution is 2.25. The van der Waals surface area contributed by atoms with Crippen molar-refractivity contribution in [3.8, 4) is 0 Å². The van der Waals surface area contributed by atoms with Gasteiger partial charge < -0.3 is 19.6 Å². The van der Waals surface area contributed by atoms with Gasteiger partial charge in [-0.05, 0) is 30.8 Å². The predicted octanol–water partition coefficient (Wildman–Crippen LogP) is 2.68. The second-order valence-electron chi connectivity index (χ2n) is 6.48. The maximum absolute atomic E-state index is 12.0. The molecule has 1 amide bonds. The first kappa shape index (κ1) is 18.2. The molecule has 6 nitrogen and oxygen atoms in total. The van der Waals surface area contributed by atoms with E-state index >= 15 is 0 Å². The van der Waals surface area contributed by atoms with E-state index in [1.165, 1.54) is 0 Å². The quantitative estimate of drug-likeness (QED) is 0.863. The Morgan fingerprint density at radius 1 is 1.12 bits per heavy atom. The highest BCUT2D eigenvalue weighted by Gasteiger charge is 2.17. The number of anilines is 2. The molecule has 2 aromatic carbocycles. The summed E-state index contributed by atoms with van der Waals surface area (Å²) in [7, 11) is 2.11. The minimum Gasteiger partial charge on any atom is -0.444 e. The van der Waals surface area contributed by atoms with Gasteiger partial charge in [0.15, 0.2) is 0 Å². The van der Waals surface area contributed by atoms with Crippen LogP contribution in [0.4, 0.5) is 16.2 Å². The lowest BCUT2D eigenvalue weighted by Crippen LogP contribution is -2.44. The molecule has 26 heavy (non-hydrogen) atoms. The number of carbonyl (C=O) groups excluding carboxylic acids is 1. The summed E-state index contributed by atoms with van der Waals surface area (Å²) >= 11 is 0. The van der Waals surface area contributed by atoms with Crippen molar-refractivity contribution in [2.75, 3.05) is 43.4 Å². The number of nitrogens with one attached hydrogen (secondary N) is 1. The van der Waals surface area contributed by atoms with E-state index in [0.29, 0.717) is 5.69 Å². The number of aliphatic hydroxyl groups is 1. The normalized spacial score (nSPS) is 14.9. The molecule has 0 saturated carbocycles. The molecule has 0 bridgehead atoms. The Kier molecular flexibility index (Phi) is 6.09. The summed E-state index contributed by atoms with van der Waals surface area (Å²) in [6, 6.07) is 15.1. The third kappa shape index (κ3) is 4.74.